The van der Waals surface area contributed by atoms with Gasteiger partial charge in [0.05, 0.1) is 5.56 Å². The molecule has 1 aromatic heterocycles. The number of benzene rings is 1. The topological polar surface area (TPSA) is 50.2 Å². The standard InChI is InChI=1S/C16H12F3NO2/c1-10(6-15(21)22)11-7-12(9-20-8-11)13-4-2-3-5-14(13)16(17,18)19/h2-9H,1H3,(H,21,22)/b10-6+. The van der Waals surface area contributed by atoms with Crippen LogP contribution < -0.4 is 0 Å². The van der Waals surface area contributed by atoms with Crippen LogP contribution in [-0.4, -0.2) is 16.1 Å². The van der Waals surface area contributed by atoms with E-state index in [4.69, 9.17) is 5.11 Å². The monoisotopic (exact) mass is 307 g/mol. The summed E-state index contributed by atoms with van der Waals surface area (Å²) in [5.74, 6) is -1.13. The lowest BCUT2D eigenvalue weighted by Gasteiger charge is -2.13. The van der Waals surface area contributed by atoms with Crippen molar-refractivity contribution in [2.45, 2.75) is 13.1 Å². The third-order valence-corrected chi connectivity index (χ3v) is 3.08. The molecule has 0 saturated heterocycles. The molecule has 0 atom stereocenters. The van der Waals surface area contributed by atoms with Crippen LogP contribution in [0.25, 0.3) is 16.7 Å². The van der Waals surface area contributed by atoms with E-state index < -0.39 is 17.7 Å². The number of hydrogen-bond acceptors (Lipinski definition) is 2. The first kappa shape index (κ1) is 15.8. The maximum Gasteiger partial charge on any atom is 0.417 e. The highest BCUT2D eigenvalue weighted by Crippen LogP contribution is 2.37. The SMILES string of the molecule is C/C(=C\C(=O)O)c1cncc(-c2ccccc2C(F)(F)F)c1. The molecule has 0 aliphatic heterocycles. The van der Waals surface area contributed by atoms with Gasteiger partial charge in [0.25, 0.3) is 0 Å². The Kier molecular flexibility index (Phi) is 4.30. The summed E-state index contributed by atoms with van der Waals surface area (Å²) in [6.45, 7) is 1.56. The highest BCUT2D eigenvalue weighted by atomic mass is 19.4. The summed E-state index contributed by atoms with van der Waals surface area (Å²) in [4.78, 5) is 14.6. The normalized spacial score (nSPS) is 12.3. The predicted molar refractivity (Wildman–Crippen MR) is 76.0 cm³/mol. The minimum Gasteiger partial charge on any atom is -0.478 e. The van der Waals surface area contributed by atoms with Crippen molar-refractivity contribution < 1.29 is 23.1 Å². The van der Waals surface area contributed by atoms with Gasteiger partial charge in [-0.3, -0.25) is 4.98 Å². The number of rotatable bonds is 3. The van der Waals surface area contributed by atoms with Crippen LogP contribution in [0.15, 0.2) is 48.8 Å². The van der Waals surface area contributed by atoms with E-state index >= 15 is 0 Å². The van der Waals surface area contributed by atoms with Crippen molar-refractivity contribution in [3.05, 3.63) is 59.9 Å². The van der Waals surface area contributed by atoms with Crippen molar-refractivity contribution in [1.29, 1.82) is 0 Å². The van der Waals surface area contributed by atoms with Gasteiger partial charge in [-0.05, 0) is 35.8 Å². The second-order valence-corrected chi connectivity index (χ2v) is 4.67. The maximum atomic E-state index is 13.1. The van der Waals surface area contributed by atoms with Gasteiger partial charge in [-0.1, -0.05) is 18.2 Å². The van der Waals surface area contributed by atoms with Gasteiger partial charge in [-0.25, -0.2) is 4.79 Å². The fourth-order valence-corrected chi connectivity index (χ4v) is 2.05. The second kappa shape index (κ2) is 6.01. The van der Waals surface area contributed by atoms with Crippen LogP contribution in [0.5, 0.6) is 0 Å². The summed E-state index contributed by atoms with van der Waals surface area (Å²) >= 11 is 0. The first-order valence-electron chi connectivity index (χ1n) is 6.32. The molecule has 6 heteroatoms. The number of aromatic nitrogens is 1. The van der Waals surface area contributed by atoms with Crippen LogP contribution in [0.1, 0.15) is 18.1 Å². The lowest BCUT2D eigenvalue weighted by atomic mass is 9.98. The molecule has 0 saturated carbocycles. The zero-order chi connectivity index (χ0) is 16.3. The third-order valence-electron chi connectivity index (χ3n) is 3.08. The molecular weight excluding hydrogens is 295 g/mol. The van der Waals surface area contributed by atoms with E-state index in [1.807, 2.05) is 0 Å². The Morgan fingerprint density at radius 3 is 2.55 bits per heavy atom. The maximum absolute atomic E-state index is 13.1. The van der Waals surface area contributed by atoms with E-state index in [0.29, 0.717) is 11.1 Å². The van der Waals surface area contributed by atoms with Crippen LogP contribution in [0.4, 0.5) is 13.2 Å². The molecule has 3 nitrogen and oxygen atoms in total. The molecule has 0 bridgehead atoms. The number of allylic oxidation sites excluding steroid dienone is 1. The molecule has 0 spiro atoms. The van der Waals surface area contributed by atoms with Gasteiger partial charge in [-0.2, -0.15) is 13.2 Å². The molecule has 0 amide bonds. The summed E-state index contributed by atoms with van der Waals surface area (Å²) in [7, 11) is 0. The summed E-state index contributed by atoms with van der Waals surface area (Å²) in [5, 5.41) is 8.74. The zero-order valence-electron chi connectivity index (χ0n) is 11.6. The summed E-state index contributed by atoms with van der Waals surface area (Å²) in [5.41, 5.74) is 0.396. The Morgan fingerprint density at radius 2 is 1.91 bits per heavy atom. The Morgan fingerprint density at radius 1 is 1.23 bits per heavy atom. The lowest BCUT2D eigenvalue weighted by Crippen LogP contribution is -2.07. The smallest absolute Gasteiger partial charge is 0.417 e. The molecule has 0 aliphatic carbocycles. The number of nitrogens with zero attached hydrogens (tertiary/aromatic N) is 1. The van der Waals surface area contributed by atoms with E-state index in [9.17, 15) is 18.0 Å². The minimum atomic E-state index is -4.47. The largest absolute Gasteiger partial charge is 0.478 e. The van der Waals surface area contributed by atoms with Crippen LogP contribution in [-0.2, 0) is 11.0 Å². The van der Waals surface area contributed by atoms with Crippen molar-refractivity contribution in [3.8, 4) is 11.1 Å². The number of carboxylic acid groups (broad SMARTS) is 1. The Bertz CT molecular complexity index is 736. The number of halogens is 3. The highest BCUT2D eigenvalue weighted by molar-refractivity contribution is 5.89. The molecule has 1 aromatic carbocycles. The van der Waals surface area contributed by atoms with Crippen LogP contribution in [0, 0.1) is 0 Å². The number of pyridine rings is 1. The van der Waals surface area contributed by atoms with Gasteiger partial charge in [-0.15, -0.1) is 0 Å². The predicted octanol–water partition coefficient (Wildman–Crippen LogP) is 4.26. The van der Waals surface area contributed by atoms with Gasteiger partial charge in [0.15, 0.2) is 0 Å². The van der Waals surface area contributed by atoms with Crippen LogP contribution in [0.3, 0.4) is 0 Å². The number of carbonyl (C=O) groups is 1. The summed E-state index contributed by atoms with van der Waals surface area (Å²) < 4.78 is 39.2. The molecular formula is C16H12F3NO2. The number of aliphatic carboxylic acids is 1. The Hall–Kier alpha value is -2.63. The fourth-order valence-electron chi connectivity index (χ4n) is 2.05. The van der Waals surface area contributed by atoms with Crippen molar-refractivity contribution in [2.75, 3.05) is 0 Å². The lowest BCUT2D eigenvalue weighted by molar-refractivity contribution is -0.137. The van der Waals surface area contributed by atoms with Crippen molar-refractivity contribution in [2.24, 2.45) is 0 Å². The molecule has 0 fully saturated rings. The fraction of sp³-hybridized carbons (Fsp3) is 0.125. The molecule has 22 heavy (non-hydrogen) atoms. The van der Waals surface area contributed by atoms with Crippen molar-refractivity contribution in [1.82, 2.24) is 4.98 Å². The van der Waals surface area contributed by atoms with Gasteiger partial charge in [0.2, 0.25) is 0 Å². The minimum absolute atomic E-state index is 0.00692. The first-order valence-corrected chi connectivity index (χ1v) is 6.32. The average Bonchev–Trinajstić information content (AvgIpc) is 2.46. The van der Waals surface area contributed by atoms with Crippen LogP contribution in [0.2, 0.25) is 0 Å². The van der Waals surface area contributed by atoms with Gasteiger partial charge in [0.1, 0.15) is 0 Å². The molecule has 2 rings (SSSR count). The molecule has 2 aromatic rings. The molecule has 0 radical (unpaired) electrons. The average molecular weight is 307 g/mol. The Labute approximate surface area is 124 Å². The molecule has 1 N–H and O–H groups in total. The van der Waals surface area contributed by atoms with Crippen molar-refractivity contribution >= 4 is 11.5 Å². The number of carboxylic acids is 1. The first-order chi connectivity index (χ1) is 10.3. The summed E-state index contributed by atoms with van der Waals surface area (Å²) in [6.07, 6.45) is -0.758. The van der Waals surface area contributed by atoms with E-state index in [-0.39, 0.29) is 11.1 Å². The molecule has 114 valence electrons. The third kappa shape index (κ3) is 3.52. The molecule has 1 heterocycles. The molecule has 0 unspecified atom stereocenters. The van der Waals surface area contributed by atoms with E-state index in [1.165, 1.54) is 36.7 Å². The van der Waals surface area contributed by atoms with E-state index in [1.54, 1.807) is 6.92 Å². The summed E-state index contributed by atoms with van der Waals surface area (Å²) in [6, 6.07) is 6.69. The van der Waals surface area contributed by atoms with Gasteiger partial charge >= 0.3 is 12.1 Å². The van der Waals surface area contributed by atoms with Gasteiger partial charge < -0.3 is 5.11 Å². The zero-order valence-corrected chi connectivity index (χ0v) is 11.6. The Balaban J connectivity index is 2.54. The quantitative estimate of drug-likeness (QED) is 0.862. The van der Waals surface area contributed by atoms with Crippen LogP contribution >= 0.6 is 0 Å². The van der Waals surface area contributed by atoms with E-state index in [0.717, 1.165) is 12.1 Å². The van der Waals surface area contributed by atoms with E-state index in [2.05, 4.69) is 4.98 Å². The number of hydrogen-bond donors (Lipinski definition) is 1. The highest BCUT2D eigenvalue weighted by Gasteiger charge is 2.33. The van der Waals surface area contributed by atoms with Crippen molar-refractivity contribution in [3.63, 3.8) is 0 Å². The van der Waals surface area contributed by atoms with Gasteiger partial charge in [0, 0.05) is 24.0 Å². The second-order valence-electron chi connectivity index (χ2n) is 4.67. The number of alkyl halides is 3. The molecule has 0 aliphatic rings.